The van der Waals surface area contributed by atoms with Gasteiger partial charge in [0.05, 0.1) is 10.7 Å². The maximum Gasteiger partial charge on any atom is 0.292 e. The van der Waals surface area contributed by atoms with E-state index in [1.54, 1.807) is 25.1 Å². The van der Waals surface area contributed by atoms with Gasteiger partial charge in [0.1, 0.15) is 5.69 Å². The lowest BCUT2D eigenvalue weighted by molar-refractivity contribution is -0.384. The topological polar surface area (TPSA) is 122 Å². The Hall–Kier alpha value is -2.20. The third kappa shape index (κ3) is 5.15. The molecule has 9 nitrogen and oxygen atoms in total. The van der Waals surface area contributed by atoms with Crippen molar-refractivity contribution in [3.63, 3.8) is 0 Å². The molecule has 0 unspecified atom stereocenters. The van der Waals surface area contributed by atoms with Crippen LogP contribution in [0.4, 0.5) is 11.4 Å². The number of para-hydroxylation sites is 2. The van der Waals surface area contributed by atoms with Gasteiger partial charge >= 0.3 is 0 Å². The van der Waals surface area contributed by atoms with Gasteiger partial charge in [-0.15, -0.1) is 0 Å². The van der Waals surface area contributed by atoms with Crippen molar-refractivity contribution in [1.29, 1.82) is 0 Å². The molecule has 1 saturated heterocycles. The number of sulfonamides is 1. The normalized spacial score (nSPS) is 16.2. The SMILES string of the molecule is CCS(=O)(=O)N1CCC(C(=O)NCCNc2ccccc2[N+](=O)[O-])CC1. The Labute approximate surface area is 153 Å². The molecule has 0 radical (unpaired) electrons. The molecule has 0 saturated carbocycles. The molecule has 0 aromatic heterocycles. The smallest absolute Gasteiger partial charge is 0.292 e. The number of rotatable bonds is 8. The monoisotopic (exact) mass is 384 g/mol. The standard InChI is InChI=1S/C16H24N4O5S/c1-2-26(24,25)19-11-7-13(8-12-19)16(21)18-10-9-17-14-5-3-4-6-15(14)20(22)23/h3-6,13,17H,2,7-12H2,1H3,(H,18,21). The van der Waals surface area contributed by atoms with Crippen LogP contribution >= 0.6 is 0 Å². The highest BCUT2D eigenvalue weighted by molar-refractivity contribution is 7.89. The van der Waals surface area contributed by atoms with Crippen LogP contribution in [0.5, 0.6) is 0 Å². The lowest BCUT2D eigenvalue weighted by Crippen LogP contribution is -2.44. The van der Waals surface area contributed by atoms with Gasteiger partial charge in [-0.3, -0.25) is 14.9 Å². The average molecular weight is 384 g/mol. The molecule has 144 valence electrons. The van der Waals surface area contributed by atoms with Gasteiger partial charge in [-0.25, -0.2) is 12.7 Å². The largest absolute Gasteiger partial charge is 0.378 e. The number of nitrogens with zero attached hydrogens (tertiary/aromatic N) is 2. The van der Waals surface area contributed by atoms with Gasteiger partial charge in [-0.2, -0.15) is 0 Å². The highest BCUT2D eigenvalue weighted by Gasteiger charge is 2.29. The summed E-state index contributed by atoms with van der Waals surface area (Å²) < 4.78 is 25.1. The van der Waals surface area contributed by atoms with E-state index in [0.29, 0.717) is 44.7 Å². The summed E-state index contributed by atoms with van der Waals surface area (Å²) in [6.07, 6.45) is 1.01. The second-order valence-corrected chi connectivity index (χ2v) is 8.32. The lowest BCUT2D eigenvalue weighted by Gasteiger charge is -2.30. The van der Waals surface area contributed by atoms with E-state index in [9.17, 15) is 23.3 Å². The van der Waals surface area contributed by atoms with Gasteiger partial charge in [0, 0.05) is 38.2 Å². The summed E-state index contributed by atoms with van der Waals surface area (Å²) >= 11 is 0. The first kappa shape index (κ1) is 20.1. The Bertz CT molecular complexity index is 745. The predicted octanol–water partition coefficient (Wildman–Crippen LogP) is 1.18. The number of benzene rings is 1. The number of nitro groups is 1. The molecule has 1 aromatic rings. The molecule has 10 heteroatoms. The van der Waals surface area contributed by atoms with Gasteiger partial charge in [0.15, 0.2) is 0 Å². The fourth-order valence-electron chi connectivity index (χ4n) is 2.89. The van der Waals surface area contributed by atoms with Gasteiger partial charge in [-0.1, -0.05) is 12.1 Å². The minimum atomic E-state index is -3.20. The van der Waals surface area contributed by atoms with Crippen molar-refractivity contribution in [3.05, 3.63) is 34.4 Å². The Kier molecular flexibility index (Phi) is 6.92. The lowest BCUT2D eigenvalue weighted by atomic mass is 9.97. The molecule has 1 amide bonds. The fourth-order valence-corrected chi connectivity index (χ4v) is 4.02. The van der Waals surface area contributed by atoms with E-state index >= 15 is 0 Å². The van der Waals surface area contributed by atoms with Gasteiger partial charge < -0.3 is 10.6 Å². The molecule has 26 heavy (non-hydrogen) atoms. The zero-order chi connectivity index (χ0) is 19.2. The molecule has 1 aliphatic rings. The van der Waals surface area contributed by atoms with Gasteiger partial charge in [0.25, 0.3) is 5.69 Å². The number of nitro benzene ring substituents is 1. The highest BCUT2D eigenvalue weighted by atomic mass is 32.2. The molecule has 0 bridgehead atoms. The number of anilines is 1. The molecule has 1 aromatic carbocycles. The summed E-state index contributed by atoms with van der Waals surface area (Å²) in [6, 6.07) is 6.32. The number of piperidine rings is 1. The van der Waals surface area contributed by atoms with Gasteiger partial charge in [0.2, 0.25) is 15.9 Å². The van der Waals surface area contributed by atoms with Crippen LogP contribution in [0.2, 0.25) is 0 Å². The second-order valence-electron chi connectivity index (χ2n) is 6.07. The number of hydrogen-bond acceptors (Lipinski definition) is 6. The van der Waals surface area contributed by atoms with Crippen LogP contribution in [-0.4, -0.2) is 55.5 Å². The Morgan fingerprint density at radius 3 is 2.54 bits per heavy atom. The number of amides is 1. The molecular formula is C16H24N4O5S. The summed E-state index contributed by atoms with van der Waals surface area (Å²) in [5.41, 5.74) is 0.396. The summed E-state index contributed by atoms with van der Waals surface area (Å²) in [5.74, 6) is -0.242. The first-order chi connectivity index (χ1) is 12.3. The number of hydrogen-bond donors (Lipinski definition) is 2. The van der Waals surface area contributed by atoms with Crippen molar-refractivity contribution >= 4 is 27.3 Å². The zero-order valence-corrected chi connectivity index (χ0v) is 15.5. The van der Waals surface area contributed by atoms with E-state index in [-0.39, 0.29) is 23.3 Å². The van der Waals surface area contributed by atoms with E-state index in [1.807, 2.05) is 0 Å². The van der Waals surface area contributed by atoms with Crippen LogP contribution in [0.25, 0.3) is 0 Å². The Morgan fingerprint density at radius 1 is 1.27 bits per heavy atom. The number of carbonyl (C=O) groups excluding carboxylic acids is 1. The van der Waals surface area contributed by atoms with Crippen molar-refractivity contribution in [2.75, 3.05) is 37.2 Å². The van der Waals surface area contributed by atoms with Crippen molar-refractivity contribution < 1.29 is 18.1 Å². The van der Waals surface area contributed by atoms with Crippen LogP contribution in [0, 0.1) is 16.0 Å². The minimum absolute atomic E-state index is 0.0108. The number of carbonyl (C=O) groups is 1. The van der Waals surface area contributed by atoms with Crippen LogP contribution < -0.4 is 10.6 Å². The van der Waals surface area contributed by atoms with E-state index < -0.39 is 14.9 Å². The highest BCUT2D eigenvalue weighted by Crippen LogP contribution is 2.23. The molecule has 0 atom stereocenters. The molecule has 0 aliphatic carbocycles. The predicted molar refractivity (Wildman–Crippen MR) is 98.4 cm³/mol. The Balaban J connectivity index is 1.74. The fraction of sp³-hybridized carbons (Fsp3) is 0.562. The van der Waals surface area contributed by atoms with Crippen LogP contribution in [0.3, 0.4) is 0 Å². The van der Waals surface area contributed by atoms with E-state index in [4.69, 9.17) is 0 Å². The average Bonchev–Trinajstić information content (AvgIpc) is 2.65. The Morgan fingerprint density at radius 2 is 1.92 bits per heavy atom. The summed E-state index contributed by atoms with van der Waals surface area (Å²) in [5, 5.41) is 16.7. The molecular weight excluding hydrogens is 360 g/mol. The van der Waals surface area contributed by atoms with Gasteiger partial charge in [-0.05, 0) is 25.8 Å². The summed E-state index contributed by atoms with van der Waals surface area (Å²) in [4.78, 5) is 22.7. The van der Waals surface area contributed by atoms with Crippen LogP contribution in [0.1, 0.15) is 19.8 Å². The first-order valence-electron chi connectivity index (χ1n) is 8.58. The number of nitrogens with one attached hydrogen (secondary N) is 2. The third-order valence-electron chi connectivity index (χ3n) is 4.42. The maximum absolute atomic E-state index is 12.2. The second kappa shape index (κ2) is 8.95. The molecule has 1 aliphatic heterocycles. The molecule has 2 N–H and O–H groups in total. The minimum Gasteiger partial charge on any atom is -0.378 e. The van der Waals surface area contributed by atoms with E-state index in [2.05, 4.69) is 10.6 Å². The molecule has 0 spiro atoms. The quantitative estimate of drug-likeness (QED) is 0.394. The van der Waals surface area contributed by atoms with Crippen molar-refractivity contribution in [1.82, 2.24) is 9.62 Å². The summed E-state index contributed by atoms with van der Waals surface area (Å²) in [6.45, 7) is 3.03. The van der Waals surface area contributed by atoms with Crippen LogP contribution in [0.15, 0.2) is 24.3 Å². The van der Waals surface area contributed by atoms with Crippen molar-refractivity contribution in [3.8, 4) is 0 Å². The van der Waals surface area contributed by atoms with Crippen molar-refractivity contribution in [2.45, 2.75) is 19.8 Å². The summed E-state index contributed by atoms with van der Waals surface area (Å²) in [7, 11) is -3.20. The van der Waals surface area contributed by atoms with E-state index in [0.717, 1.165) is 0 Å². The molecule has 1 heterocycles. The third-order valence-corrected chi connectivity index (χ3v) is 6.30. The maximum atomic E-state index is 12.2. The first-order valence-corrected chi connectivity index (χ1v) is 10.2. The molecule has 2 rings (SSSR count). The zero-order valence-electron chi connectivity index (χ0n) is 14.7. The van der Waals surface area contributed by atoms with Crippen molar-refractivity contribution in [2.24, 2.45) is 5.92 Å². The van der Waals surface area contributed by atoms with Crippen LogP contribution in [-0.2, 0) is 14.8 Å². The van der Waals surface area contributed by atoms with E-state index in [1.165, 1.54) is 10.4 Å². The molecule has 1 fully saturated rings.